The summed E-state index contributed by atoms with van der Waals surface area (Å²) < 4.78 is 5.55. The second-order valence-corrected chi connectivity index (χ2v) is 5.99. The highest BCUT2D eigenvalue weighted by Gasteiger charge is 2.13. The SMILES string of the molecule is CC(Oc1cccc(Cl)c1)C(=O)NN=Cc1ccc2ccccc2c1. The third-order valence-corrected chi connectivity index (χ3v) is 3.88. The number of halogens is 1. The molecule has 126 valence electrons. The van der Waals surface area contributed by atoms with Gasteiger partial charge in [-0.25, -0.2) is 5.43 Å². The number of benzene rings is 3. The molecule has 3 aromatic carbocycles. The Morgan fingerprint density at radius 2 is 1.88 bits per heavy atom. The zero-order valence-corrected chi connectivity index (χ0v) is 14.4. The summed E-state index contributed by atoms with van der Waals surface area (Å²) in [7, 11) is 0. The molecular formula is C20H17ClN2O2. The van der Waals surface area contributed by atoms with E-state index in [4.69, 9.17) is 16.3 Å². The fraction of sp³-hybridized carbons (Fsp3) is 0.100. The van der Waals surface area contributed by atoms with E-state index < -0.39 is 6.10 Å². The van der Waals surface area contributed by atoms with E-state index in [9.17, 15) is 4.79 Å². The zero-order valence-electron chi connectivity index (χ0n) is 13.6. The van der Waals surface area contributed by atoms with Crippen LogP contribution in [0.3, 0.4) is 0 Å². The lowest BCUT2D eigenvalue weighted by molar-refractivity contribution is -0.127. The zero-order chi connectivity index (χ0) is 17.6. The number of ether oxygens (including phenoxy) is 1. The summed E-state index contributed by atoms with van der Waals surface area (Å²) in [6, 6.07) is 20.9. The summed E-state index contributed by atoms with van der Waals surface area (Å²) in [5.74, 6) is 0.200. The van der Waals surface area contributed by atoms with Crippen LogP contribution < -0.4 is 10.2 Å². The average Bonchev–Trinajstić information content (AvgIpc) is 2.61. The first-order chi connectivity index (χ1) is 12.1. The summed E-state index contributed by atoms with van der Waals surface area (Å²) in [5.41, 5.74) is 3.39. The Bertz CT molecular complexity index is 924. The van der Waals surface area contributed by atoms with E-state index >= 15 is 0 Å². The van der Waals surface area contributed by atoms with Crippen LogP contribution in [0.2, 0.25) is 5.02 Å². The molecule has 1 amide bonds. The topological polar surface area (TPSA) is 50.7 Å². The molecule has 0 heterocycles. The second-order valence-electron chi connectivity index (χ2n) is 5.56. The maximum absolute atomic E-state index is 12.1. The Morgan fingerprint density at radius 3 is 2.68 bits per heavy atom. The Kier molecular flexibility index (Phi) is 5.31. The van der Waals surface area contributed by atoms with Gasteiger partial charge in [0, 0.05) is 5.02 Å². The van der Waals surface area contributed by atoms with Gasteiger partial charge >= 0.3 is 0 Å². The van der Waals surface area contributed by atoms with E-state index in [-0.39, 0.29) is 5.91 Å². The van der Waals surface area contributed by atoms with Crippen molar-refractivity contribution in [3.05, 3.63) is 77.3 Å². The minimum atomic E-state index is -0.688. The minimum absolute atomic E-state index is 0.336. The van der Waals surface area contributed by atoms with Crippen LogP contribution in [-0.2, 0) is 4.79 Å². The highest BCUT2D eigenvalue weighted by atomic mass is 35.5. The van der Waals surface area contributed by atoms with Crippen LogP contribution in [0.25, 0.3) is 10.8 Å². The first-order valence-electron chi connectivity index (χ1n) is 7.86. The molecule has 0 saturated carbocycles. The Labute approximate surface area is 151 Å². The molecule has 0 aromatic heterocycles. The Balaban J connectivity index is 1.59. The van der Waals surface area contributed by atoms with Crippen molar-refractivity contribution in [2.75, 3.05) is 0 Å². The lowest BCUT2D eigenvalue weighted by Gasteiger charge is -2.12. The Morgan fingerprint density at radius 1 is 1.08 bits per heavy atom. The maximum atomic E-state index is 12.1. The van der Waals surface area contributed by atoms with Crippen LogP contribution in [0, 0.1) is 0 Å². The molecule has 1 N–H and O–H groups in total. The normalized spacial score (nSPS) is 12.2. The largest absolute Gasteiger partial charge is 0.481 e. The lowest BCUT2D eigenvalue weighted by Crippen LogP contribution is -2.33. The van der Waals surface area contributed by atoms with E-state index in [0.717, 1.165) is 16.3 Å². The van der Waals surface area contributed by atoms with Gasteiger partial charge in [-0.05, 0) is 47.5 Å². The molecular weight excluding hydrogens is 336 g/mol. The molecule has 0 radical (unpaired) electrons. The molecule has 5 heteroatoms. The van der Waals surface area contributed by atoms with Gasteiger partial charge in [0.25, 0.3) is 5.91 Å². The fourth-order valence-corrected chi connectivity index (χ4v) is 2.53. The van der Waals surface area contributed by atoms with Gasteiger partial charge in [0.05, 0.1) is 6.21 Å². The molecule has 3 rings (SSSR count). The van der Waals surface area contributed by atoms with Crippen molar-refractivity contribution in [2.24, 2.45) is 5.10 Å². The molecule has 0 fully saturated rings. The van der Waals surface area contributed by atoms with E-state index in [0.29, 0.717) is 10.8 Å². The third kappa shape index (κ3) is 4.58. The summed E-state index contributed by atoms with van der Waals surface area (Å²) in [6.45, 7) is 1.65. The monoisotopic (exact) mass is 352 g/mol. The Hall–Kier alpha value is -2.85. The van der Waals surface area contributed by atoms with Crippen molar-refractivity contribution in [1.29, 1.82) is 0 Å². The van der Waals surface area contributed by atoms with Gasteiger partial charge in [0.2, 0.25) is 0 Å². The van der Waals surface area contributed by atoms with Crippen molar-refractivity contribution in [3.63, 3.8) is 0 Å². The molecule has 1 unspecified atom stereocenters. The molecule has 0 aliphatic heterocycles. The van der Waals surface area contributed by atoms with Crippen LogP contribution in [0.1, 0.15) is 12.5 Å². The molecule has 25 heavy (non-hydrogen) atoms. The van der Waals surface area contributed by atoms with E-state index in [1.54, 1.807) is 37.4 Å². The van der Waals surface area contributed by atoms with Crippen molar-refractivity contribution in [1.82, 2.24) is 5.43 Å². The molecule has 0 saturated heterocycles. The van der Waals surface area contributed by atoms with E-state index in [1.165, 1.54) is 0 Å². The molecule has 1 atom stereocenters. The summed E-state index contributed by atoms with van der Waals surface area (Å²) >= 11 is 5.90. The molecule has 0 aliphatic carbocycles. The van der Waals surface area contributed by atoms with Crippen molar-refractivity contribution in [3.8, 4) is 5.75 Å². The van der Waals surface area contributed by atoms with Crippen molar-refractivity contribution in [2.45, 2.75) is 13.0 Å². The number of hydrogen-bond acceptors (Lipinski definition) is 3. The highest BCUT2D eigenvalue weighted by Crippen LogP contribution is 2.18. The van der Waals surface area contributed by atoms with Crippen LogP contribution in [0.4, 0.5) is 0 Å². The van der Waals surface area contributed by atoms with Gasteiger partial charge in [-0.1, -0.05) is 54.1 Å². The average molecular weight is 353 g/mol. The van der Waals surface area contributed by atoms with Gasteiger partial charge in [-0.3, -0.25) is 4.79 Å². The third-order valence-electron chi connectivity index (χ3n) is 3.64. The molecule has 0 bridgehead atoms. The number of nitrogens with zero attached hydrogens (tertiary/aromatic N) is 1. The summed E-state index contributed by atoms with van der Waals surface area (Å²) in [4.78, 5) is 12.1. The van der Waals surface area contributed by atoms with Gasteiger partial charge in [0.15, 0.2) is 6.10 Å². The fourth-order valence-electron chi connectivity index (χ4n) is 2.35. The number of carbonyl (C=O) groups excluding carboxylic acids is 1. The van der Waals surface area contributed by atoms with Gasteiger partial charge in [0.1, 0.15) is 5.75 Å². The van der Waals surface area contributed by atoms with E-state index in [1.807, 2.05) is 42.5 Å². The quantitative estimate of drug-likeness (QED) is 0.546. The van der Waals surface area contributed by atoms with Gasteiger partial charge in [-0.15, -0.1) is 0 Å². The molecule has 3 aromatic rings. The van der Waals surface area contributed by atoms with Crippen molar-refractivity contribution < 1.29 is 9.53 Å². The number of carbonyl (C=O) groups is 1. The molecule has 4 nitrogen and oxygen atoms in total. The first kappa shape index (κ1) is 17.0. The number of nitrogens with one attached hydrogen (secondary N) is 1. The minimum Gasteiger partial charge on any atom is -0.481 e. The van der Waals surface area contributed by atoms with Crippen molar-refractivity contribution >= 4 is 34.5 Å². The second kappa shape index (κ2) is 7.81. The lowest BCUT2D eigenvalue weighted by atomic mass is 10.1. The maximum Gasteiger partial charge on any atom is 0.280 e. The van der Waals surface area contributed by atoms with E-state index in [2.05, 4.69) is 10.5 Å². The van der Waals surface area contributed by atoms with Gasteiger partial charge < -0.3 is 4.74 Å². The first-order valence-corrected chi connectivity index (χ1v) is 8.23. The standard InChI is InChI=1S/C20H17ClN2O2/c1-14(25-19-8-4-7-18(21)12-19)20(24)23-22-13-15-9-10-16-5-2-3-6-17(16)11-15/h2-14H,1H3,(H,23,24). The number of hydrogen-bond donors (Lipinski definition) is 1. The van der Waals surface area contributed by atoms with Crippen LogP contribution in [0.15, 0.2) is 71.8 Å². The van der Waals surface area contributed by atoms with Crippen LogP contribution in [-0.4, -0.2) is 18.2 Å². The summed E-state index contributed by atoms with van der Waals surface area (Å²) in [5, 5.41) is 6.83. The number of fused-ring (bicyclic) bond motifs is 1. The smallest absolute Gasteiger partial charge is 0.280 e. The van der Waals surface area contributed by atoms with Crippen LogP contribution >= 0.6 is 11.6 Å². The summed E-state index contributed by atoms with van der Waals surface area (Å²) in [6.07, 6.45) is 0.920. The van der Waals surface area contributed by atoms with Gasteiger partial charge in [-0.2, -0.15) is 5.10 Å². The van der Waals surface area contributed by atoms with Crippen LogP contribution in [0.5, 0.6) is 5.75 Å². The number of rotatable bonds is 5. The molecule has 0 spiro atoms. The molecule has 0 aliphatic rings. The predicted molar refractivity (Wildman–Crippen MR) is 101 cm³/mol. The number of hydrazone groups is 1. The predicted octanol–water partition coefficient (Wildman–Crippen LogP) is 4.41. The number of amides is 1. The highest BCUT2D eigenvalue weighted by molar-refractivity contribution is 6.30.